The Morgan fingerprint density at radius 3 is 2.74 bits per heavy atom. The highest BCUT2D eigenvalue weighted by Gasteiger charge is 2.42. The molecule has 0 saturated heterocycles. The van der Waals surface area contributed by atoms with E-state index in [1.54, 1.807) is 23.9 Å². The van der Waals surface area contributed by atoms with Crippen molar-refractivity contribution in [1.29, 1.82) is 0 Å². The van der Waals surface area contributed by atoms with Gasteiger partial charge in [-0.25, -0.2) is 10.1 Å². The first-order chi connectivity index (χ1) is 16.7. The van der Waals surface area contributed by atoms with Gasteiger partial charge in [-0.15, -0.1) is 0 Å². The molecule has 1 aliphatic rings. The Morgan fingerprint density at radius 2 is 1.97 bits per heavy atom. The Hall–Kier alpha value is -3.29. The number of hydrogen-bond donors (Lipinski definition) is 4. The second-order valence-electron chi connectivity index (χ2n) is 8.50. The maximum Gasteiger partial charge on any atom is 0.333 e. The summed E-state index contributed by atoms with van der Waals surface area (Å²) in [6.45, 7) is -0.326. The summed E-state index contributed by atoms with van der Waals surface area (Å²) in [5.41, 5.74) is 2.06. The number of aliphatic hydroxyl groups is 2. The van der Waals surface area contributed by atoms with Crippen molar-refractivity contribution in [2.24, 2.45) is 11.1 Å². The van der Waals surface area contributed by atoms with Gasteiger partial charge in [0.2, 0.25) is 0 Å². The molecule has 35 heavy (non-hydrogen) atoms. The predicted octanol–water partition coefficient (Wildman–Crippen LogP) is 1.30. The maximum absolute atomic E-state index is 11.1. The molecular formula is C23H25N5O6S. The third-order valence-corrected chi connectivity index (χ3v) is 6.77. The number of benzene rings is 2. The summed E-state index contributed by atoms with van der Waals surface area (Å²) < 4.78 is 34.1. The van der Waals surface area contributed by atoms with Gasteiger partial charge in [-0.3, -0.25) is 4.18 Å². The van der Waals surface area contributed by atoms with Crippen molar-refractivity contribution >= 4 is 32.5 Å². The lowest BCUT2D eigenvalue weighted by atomic mass is 10.0. The topological polar surface area (TPSA) is 161 Å². The van der Waals surface area contributed by atoms with Gasteiger partial charge >= 0.3 is 10.3 Å². The van der Waals surface area contributed by atoms with Crippen LogP contribution in [-0.2, 0) is 14.5 Å². The van der Waals surface area contributed by atoms with Gasteiger partial charge in [-0.1, -0.05) is 30.3 Å². The molecule has 1 fully saturated rings. The van der Waals surface area contributed by atoms with E-state index >= 15 is 0 Å². The maximum atomic E-state index is 11.1. The van der Waals surface area contributed by atoms with E-state index in [0.717, 1.165) is 16.3 Å². The monoisotopic (exact) mass is 499 g/mol. The first-order valence-corrected chi connectivity index (χ1v) is 12.4. The number of nitrogens with one attached hydrogen (secondary N) is 1. The SMILES string of the molecule is COc1ccc2ccccc2c1-c1cc2nccc(N[C@@H]3CC(COS(N)(=O)=O)[C@@H](O)[C@H]3O)n2n1. The number of aliphatic hydroxyl groups excluding tert-OH is 2. The van der Waals surface area contributed by atoms with Crippen LogP contribution in [0.3, 0.4) is 0 Å². The van der Waals surface area contributed by atoms with Gasteiger partial charge in [-0.05, 0) is 29.3 Å². The molecule has 4 aromatic rings. The molecule has 1 unspecified atom stereocenters. The zero-order valence-electron chi connectivity index (χ0n) is 18.8. The number of aromatic nitrogens is 3. The summed E-state index contributed by atoms with van der Waals surface area (Å²) in [7, 11) is -2.54. The lowest BCUT2D eigenvalue weighted by Gasteiger charge is -2.19. The highest BCUT2D eigenvalue weighted by atomic mass is 32.2. The first kappa shape index (κ1) is 23.5. The van der Waals surface area contributed by atoms with E-state index in [-0.39, 0.29) is 13.0 Å². The van der Waals surface area contributed by atoms with Gasteiger partial charge < -0.3 is 20.3 Å². The normalized spacial score (nSPS) is 22.6. The van der Waals surface area contributed by atoms with Crippen LogP contribution in [0.1, 0.15) is 6.42 Å². The van der Waals surface area contributed by atoms with Crippen molar-refractivity contribution in [3.8, 4) is 17.0 Å². The largest absolute Gasteiger partial charge is 0.496 e. The summed E-state index contributed by atoms with van der Waals surface area (Å²) >= 11 is 0. The lowest BCUT2D eigenvalue weighted by Crippen LogP contribution is -2.36. The molecule has 1 saturated carbocycles. The van der Waals surface area contributed by atoms with Gasteiger partial charge in [-0.2, -0.15) is 18.0 Å². The zero-order valence-corrected chi connectivity index (χ0v) is 19.6. The molecular weight excluding hydrogens is 474 g/mol. The minimum absolute atomic E-state index is 0.257. The number of ether oxygens (including phenoxy) is 1. The molecule has 0 spiro atoms. The third kappa shape index (κ3) is 4.54. The Kier molecular flexibility index (Phi) is 6.07. The van der Waals surface area contributed by atoms with Crippen LogP contribution in [0, 0.1) is 5.92 Å². The van der Waals surface area contributed by atoms with Gasteiger partial charge in [0.05, 0.1) is 37.1 Å². The van der Waals surface area contributed by atoms with Crippen LogP contribution in [0.5, 0.6) is 5.75 Å². The Bertz CT molecular complexity index is 1490. The molecule has 2 aromatic carbocycles. The standard InChI is InChI=1S/C23H25N5O6S/c1-33-18-7-6-13-4-2-3-5-15(13)21(18)16-11-20-25-9-8-19(28(20)27-16)26-17-10-14(22(29)23(17)30)12-34-35(24,31)32/h2-9,11,14,17,22-23,26,29-30H,10,12H2,1H3,(H2,24,31,32)/t14?,17-,22-,23+/m1/s1. The number of nitrogens with zero attached hydrogens (tertiary/aromatic N) is 3. The summed E-state index contributed by atoms with van der Waals surface area (Å²) in [6.07, 6.45) is -0.462. The Labute approximate surface area is 201 Å². The second kappa shape index (κ2) is 9.06. The third-order valence-electron chi connectivity index (χ3n) is 6.31. The predicted molar refractivity (Wildman–Crippen MR) is 129 cm³/mol. The zero-order chi connectivity index (χ0) is 24.7. The molecule has 5 N–H and O–H groups in total. The number of nitrogens with two attached hydrogens (primary N) is 1. The number of fused-ring (bicyclic) bond motifs is 2. The molecule has 2 heterocycles. The van der Waals surface area contributed by atoms with Crippen LogP contribution in [0.4, 0.5) is 5.82 Å². The van der Waals surface area contributed by atoms with E-state index in [1.807, 2.05) is 42.5 Å². The quantitative estimate of drug-likeness (QED) is 0.294. The van der Waals surface area contributed by atoms with Crippen molar-refractivity contribution < 1.29 is 27.6 Å². The molecule has 0 aliphatic heterocycles. The summed E-state index contributed by atoms with van der Waals surface area (Å²) in [4.78, 5) is 4.41. The average molecular weight is 500 g/mol. The summed E-state index contributed by atoms with van der Waals surface area (Å²) in [5, 5.41) is 35.8. The van der Waals surface area contributed by atoms with E-state index in [2.05, 4.69) is 14.5 Å². The number of anilines is 1. The van der Waals surface area contributed by atoms with Crippen LogP contribution < -0.4 is 15.2 Å². The highest BCUT2D eigenvalue weighted by Crippen LogP contribution is 2.37. The van der Waals surface area contributed by atoms with Crippen LogP contribution in [0.15, 0.2) is 54.7 Å². The van der Waals surface area contributed by atoms with Gasteiger partial charge in [0.15, 0.2) is 5.65 Å². The average Bonchev–Trinajstić information content (AvgIpc) is 3.38. The van der Waals surface area contributed by atoms with Crippen LogP contribution >= 0.6 is 0 Å². The van der Waals surface area contributed by atoms with E-state index in [4.69, 9.17) is 15.0 Å². The molecule has 5 rings (SSSR count). The fourth-order valence-electron chi connectivity index (χ4n) is 4.62. The molecule has 11 nitrogen and oxygen atoms in total. The molecule has 0 radical (unpaired) electrons. The molecule has 12 heteroatoms. The fraction of sp³-hybridized carbons (Fsp3) is 0.304. The molecule has 4 atom stereocenters. The second-order valence-corrected chi connectivity index (χ2v) is 9.72. The summed E-state index contributed by atoms with van der Waals surface area (Å²) in [5.74, 6) is 0.602. The highest BCUT2D eigenvalue weighted by molar-refractivity contribution is 7.84. The number of rotatable bonds is 7. The van der Waals surface area contributed by atoms with E-state index in [9.17, 15) is 18.6 Å². The minimum atomic E-state index is -4.15. The van der Waals surface area contributed by atoms with Gasteiger partial charge in [0, 0.05) is 18.2 Å². The fourth-order valence-corrected chi connectivity index (χ4v) is 4.98. The molecule has 0 amide bonds. The lowest BCUT2D eigenvalue weighted by molar-refractivity contribution is 0.00777. The molecule has 2 aromatic heterocycles. The van der Waals surface area contributed by atoms with E-state index in [1.165, 1.54) is 0 Å². The van der Waals surface area contributed by atoms with Crippen molar-refractivity contribution in [2.75, 3.05) is 19.0 Å². The van der Waals surface area contributed by atoms with Crippen LogP contribution in [0.2, 0.25) is 0 Å². The molecule has 0 bridgehead atoms. The van der Waals surface area contributed by atoms with Gasteiger partial charge in [0.1, 0.15) is 17.7 Å². The van der Waals surface area contributed by atoms with Gasteiger partial charge in [0.25, 0.3) is 0 Å². The smallest absolute Gasteiger partial charge is 0.333 e. The Balaban J connectivity index is 1.48. The molecule has 1 aliphatic carbocycles. The minimum Gasteiger partial charge on any atom is -0.496 e. The number of hydrogen-bond acceptors (Lipinski definition) is 9. The first-order valence-electron chi connectivity index (χ1n) is 11.0. The van der Waals surface area contributed by atoms with Crippen LogP contribution in [-0.4, -0.2) is 65.2 Å². The van der Waals surface area contributed by atoms with Crippen molar-refractivity contribution in [2.45, 2.75) is 24.7 Å². The molecule has 184 valence electrons. The van der Waals surface area contributed by atoms with Crippen molar-refractivity contribution in [3.63, 3.8) is 0 Å². The van der Waals surface area contributed by atoms with Crippen molar-refractivity contribution in [1.82, 2.24) is 14.6 Å². The van der Waals surface area contributed by atoms with Crippen LogP contribution in [0.25, 0.3) is 27.7 Å². The summed E-state index contributed by atoms with van der Waals surface area (Å²) in [6, 6.07) is 14.8. The van der Waals surface area contributed by atoms with E-state index < -0.39 is 34.5 Å². The Morgan fingerprint density at radius 1 is 1.17 bits per heavy atom. The van der Waals surface area contributed by atoms with Crippen molar-refractivity contribution in [3.05, 3.63) is 54.7 Å². The number of methoxy groups -OCH3 is 1. The van der Waals surface area contributed by atoms with E-state index in [0.29, 0.717) is 22.9 Å².